The van der Waals surface area contributed by atoms with E-state index in [4.69, 9.17) is 4.74 Å². The molecule has 1 heterocycles. The van der Waals surface area contributed by atoms with Crippen LogP contribution in [0, 0.1) is 22.7 Å². The summed E-state index contributed by atoms with van der Waals surface area (Å²) in [5, 5.41) is 31.3. The summed E-state index contributed by atoms with van der Waals surface area (Å²) in [5.74, 6) is -1.12. The molecule has 4 rings (SSSR count). The molecule has 1 aromatic heterocycles. The molecule has 150 valence electrons. The van der Waals surface area contributed by atoms with E-state index in [9.17, 15) is 20.4 Å². The van der Waals surface area contributed by atoms with Crippen LogP contribution in [0.25, 0.3) is 21.8 Å². The first kappa shape index (κ1) is 19.8. The lowest BCUT2D eigenvalue weighted by molar-refractivity contribution is -0.140. The average Bonchev–Trinajstić information content (AvgIpc) is 2.83. The number of nitrogens with zero attached hydrogens (tertiary/aromatic N) is 4. The highest BCUT2D eigenvalue weighted by Gasteiger charge is 2.28. The Morgan fingerprint density at radius 2 is 1.55 bits per heavy atom. The minimum atomic E-state index is -0.602. The summed E-state index contributed by atoms with van der Waals surface area (Å²) >= 11 is 0. The molecule has 0 aliphatic carbocycles. The molecule has 0 spiro atoms. The van der Waals surface area contributed by atoms with Gasteiger partial charge in [-0.15, -0.1) is 0 Å². The zero-order valence-electron chi connectivity index (χ0n) is 16.5. The smallest absolute Gasteiger partial charge is 0.306 e. The van der Waals surface area contributed by atoms with Crippen molar-refractivity contribution in [2.75, 3.05) is 7.11 Å². The van der Waals surface area contributed by atoms with Crippen LogP contribution in [0.15, 0.2) is 54.6 Å². The molecule has 1 N–H and O–H groups in total. The van der Waals surface area contributed by atoms with Crippen LogP contribution in [0.1, 0.15) is 34.9 Å². The van der Waals surface area contributed by atoms with E-state index in [0.29, 0.717) is 21.9 Å². The minimum Gasteiger partial charge on any atom is -0.507 e. The van der Waals surface area contributed by atoms with Crippen molar-refractivity contribution in [3.05, 3.63) is 77.1 Å². The molecule has 0 aliphatic rings. The van der Waals surface area contributed by atoms with Crippen LogP contribution in [-0.4, -0.2) is 28.2 Å². The number of hydrogen-bond acceptors (Lipinski definition) is 7. The van der Waals surface area contributed by atoms with Crippen LogP contribution in [-0.2, 0) is 9.53 Å². The Labute approximate surface area is 177 Å². The topological polar surface area (TPSA) is 120 Å². The fourth-order valence-electron chi connectivity index (χ4n) is 3.77. The number of carbonyl (C=O) groups excluding carboxylic acids is 1. The third-order valence-corrected chi connectivity index (χ3v) is 5.20. The van der Waals surface area contributed by atoms with Crippen LogP contribution in [0.3, 0.4) is 0 Å². The molecule has 3 aromatic carbocycles. The van der Waals surface area contributed by atoms with Gasteiger partial charge in [0.1, 0.15) is 17.9 Å². The van der Waals surface area contributed by atoms with Crippen molar-refractivity contribution in [3.8, 4) is 17.9 Å². The standard InChI is InChI=1S/C24H16N4O3/c1-31-20(29)11-17(14-7-3-2-4-8-14)21-23-22(27-18(12-25)19(13-26)28-23)15-9-5-6-10-16(15)24(21)30/h2-10,17,30H,11H2,1H3. The second kappa shape index (κ2) is 8.10. The molecular weight excluding hydrogens is 392 g/mol. The summed E-state index contributed by atoms with van der Waals surface area (Å²) in [4.78, 5) is 21.1. The molecule has 0 bridgehead atoms. The summed E-state index contributed by atoms with van der Waals surface area (Å²) in [6, 6.07) is 20.1. The van der Waals surface area contributed by atoms with E-state index in [1.54, 1.807) is 24.3 Å². The van der Waals surface area contributed by atoms with Crippen molar-refractivity contribution in [3.63, 3.8) is 0 Å². The number of aromatic nitrogens is 2. The van der Waals surface area contributed by atoms with Gasteiger partial charge in [0.15, 0.2) is 11.4 Å². The quantitative estimate of drug-likeness (QED) is 0.401. The number of rotatable bonds is 4. The number of fused-ring (bicyclic) bond motifs is 3. The lowest BCUT2D eigenvalue weighted by Crippen LogP contribution is -2.12. The molecular formula is C24H16N4O3. The van der Waals surface area contributed by atoms with Gasteiger partial charge < -0.3 is 9.84 Å². The zero-order valence-corrected chi connectivity index (χ0v) is 16.5. The third-order valence-electron chi connectivity index (χ3n) is 5.20. The lowest BCUT2D eigenvalue weighted by atomic mass is 9.85. The van der Waals surface area contributed by atoms with E-state index in [1.165, 1.54) is 7.11 Å². The predicted molar refractivity (Wildman–Crippen MR) is 113 cm³/mol. The van der Waals surface area contributed by atoms with Crippen LogP contribution in [0.5, 0.6) is 5.75 Å². The highest BCUT2D eigenvalue weighted by atomic mass is 16.5. The van der Waals surface area contributed by atoms with E-state index >= 15 is 0 Å². The van der Waals surface area contributed by atoms with E-state index in [2.05, 4.69) is 9.97 Å². The van der Waals surface area contributed by atoms with Gasteiger partial charge in [-0.25, -0.2) is 9.97 Å². The van der Waals surface area contributed by atoms with Gasteiger partial charge in [0.05, 0.1) is 24.6 Å². The number of methoxy groups -OCH3 is 1. The first-order valence-corrected chi connectivity index (χ1v) is 9.46. The van der Waals surface area contributed by atoms with Gasteiger partial charge in [-0.1, -0.05) is 54.6 Å². The molecule has 1 atom stereocenters. The molecule has 0 fully saturated rings. The van der Waals surface area contributed by atoms with Crippen molar-refractivity contribution in [1.82, 2.24) is 9.97 Å². The number of hydrogen-bond donors (Lipinski definition) is 1. The fourth-order valence-corrected chi connectivity index (χ4v) is 3.77. The van der Waals surface area contributed by atoms with Crippen LogP contribution in [0.2, 0.25) is 0 Å². The van der Waals surface area contributed by atoms with Gasteiger partial charge in [0, 0.05) is 22.3 Å². The molecule has 4 aromatic rings. The second-order valence-corrected chi connectivity index (χ2v) is 6.89. The largest absolute Gasteiger partial charge is 0.507 e. The highest BCUT2D eigenvalue weighted by molar-refractivity contribution is 6.09. The number of benzene rings is 3. The molecule has 0 radical (unpaired) electrons. The van der Waals surface area contributed by atoms with Crippen molar-refractivity contribution in [1.29, 1.82) is 10.5 Å². The Hall–Kier alpha value is -4.49. The van der Waals surface area contributed by atoms with E-state index in [0.717, 1.165) is 5.56 Å². The van der Waals surface area contributed by atoms with Crippen molar-refractivity contribution in [2.45, 2.75) is 12.3 Å². The monoisotopic (exact) mass is 408 g/mol. The number of esters is 1. The summed E-state index contributed by atoms with van der Waals surface area (Å²) in [6.07, 6.45) is -0.0505. The number of aromatic hydroxyl groups is 1. The fraction of sp³-hybridized carbons (Fsp3) is 0.125. The second-order valence-electron chi connectivity index (χ2n) is 6.89. The summed E-state index contributed by atoms with van der Waals surface area (Å²) < 4.78 is 4.89. The van der Waals surface area contributed by atoms with E-state index < -0.39 is 11.9 Å². The number of ether oxygens (including phenoxy) is 1. The molecule has 0 saturated heterocycles. The predicted octanol–water partition coefficient (Wildman–Crippen LogP) is 3.93. The van der Waals surface area contributed by atoms with Crippen LogP contribution >= 0.6 is 0 Å². The maximum absolute atomic E-state index is 12.3. The van der Waals surface area contributed by atoms with Crippen LogP contribution in [0.4, 0.5) is 0 Å². The Balaban J connectivity index is 2.16. The summed E-state index contributed by atoms with van der Waals surface area (Å²) in [7, 11) is 1.30. The molecule has 0 saturated carbocycles. The van der Waals surface area contributed by atoms with Gasteiger partial charge in [0.2, 0.25) is 0 Å². The average molecular weight is 408 g/mol. The number of phenolic OH excluding ortho intramolecular Hbond substituents is 1. The van der Waals surface area contributed by atoms with E-state index in [1.807, 2.05) is 42.5 Å². The molecule has 0 amide bonds. The first-order valence-electron chi connectivity index (χ1n) is 9.46. The molecule has 31 heavy (non-hydrogen) atoms. The van der Waals surface area contributed by atoms with Gasteiger partial charge in [-0.3, -0.25) is 4.79 Å². The minimum absolute atomic E-state index is 0.0505. The van der Waals surface area contributed by atoms with Gasteiger partial charge in [-0.05, 0) is 5.56 Å². The number of carbonyl (C=O) groups is 1. The molecule has 7 nitrogen and oxygen atoms in total. The number of nitriles is 2. The SMILES string of the molecule is COC(=O)CC(c1ccccc1)c1c(O)c2ccccc2c2nc(C#N)c(C#N)nc12. The summed E-state index contributed by atoms with van der Waals surface area (Å²) in [5.41, 5.74) is 1.54. The Morgan fingerprint density at radius 3 is 2.16 bits per heavy atom. The normalized spacial score (nSPS) is 11.6. The number of phenols is 1. The first-order chi connectivity index (χ1) is 15.1. The maximum Gasteiger partial charge on any atom is 0.306 e. The van der Waals surface area contributed by atoms with Gasteiger partial charge >= 0.3 is 5.97 Å². The van der Waals surface area contributed by atoms with Gasteiger partial charge in [0.25, 0.3) is 0 Å². The Morgan fingerprint density at radius 1 is 0.968 bits per heavy atom. The highest BCUT2D eigenvalue weighted by Crippen LogP contribution is 2.43. The molecule has 7 heteroatoms. The summed E-state index contributed by atoms with van der Waals surface area (Å²) in [6.45, 7) is 0. The maximum atomic E-state index is 12.3. The van der Waals surface area contributed by atoms with E-state index in [-0.39, 0.29) is 29.1 Å². The third kappa shape index (κ3) is 3.39. The van der Waals surface area contributed by atoms with Crippen LogP contribution < -0.4 is 0 Å². The Kier molecular flexibility index (Phi) is 5.17. The van der Waals surface area contributed by atoms with Crippen molar-refractivity contribution in [2.24, 2.45) is 0 Å². The molecule has 1 unspecified atom stereocenters. The Bertz CT molecular complexity index is 1400. The zero-order chi connectivity index (χ0) is 22.0. The van der Waals surface area contributed by atoms with Crippen molar-refractivity contribution >= 4 is 27.8 Å². The van der Waals surface area contributed by atoms with Gasteiger partial charge in [-0.2, -0.15) is 10.5 Å². The molecule has 0 aliphatic heterocycles. The van der Waals surface area contributed by atoms with Crippen molar-refractivity contribution < 1.29 is 14.6 Å². The lowest BCUT2D eigenvalue weighted by Gasteiger charge is -2.21.